The van der Waals surface area contributed by atoms with Gasteiger partial charge in [0.15, 0.2) is 0 Å². The van der Waals surface area contributed by atoms with Crippen molar-refractivity contribution in [2.24, 2.45) is 0 Å². The average molecular weight is 499 g/mol. The van der Waals surface area contributed by atoms with E-state index in [9.17, 15) is 14.9 Å². The number of allylic oxidation sites excluding steroid dienone is 1. The minimum atomic E-state index is -0.621. The van der Waals surface area contributed by atoms with Crippen LogP contribution in [-0.4, -0.2) is 25.6 Å². The van der Waals surface area contributed by atoms with Crippen LogP contribution in [0, 0.1) is 10.1 Å². The lowest BCUT2D eigenvalue weighted by molar-refractivity contribution is -0.384. The fraction of sp³-hybridized carbons (Fsp3) is 0.115. The molecule has 1 unspecified atom stereocenters. The van der Waals surface area contributed by atoms with E-state index in [4.69, 9.17) is 5.10 Å². The first-order valence-electron chi connectivity index (χ1n) is 11.2. The Labute approximate surface area is 211 Å². The second-order valence-corrected chi connectivity index (χ2v) is 9.11. The molecular weight excluding hydrogens is 476 g/mol. The molecule has 1 aromatic heterocycles. The zero-order valence-electron chi connectivity index (χ0n) is 19.3. The largest absolute Gasteiger partial charge is 0.328 e. The monoisotopic (exact) mass is 498 g/mol. The first-order chi connectivity index (χ1) is 17.5. The fourth-order valence-electron chi connectivity index (χ4n) is 4.02. The van der Waals surface area contributed by atoms with Crippen LogP contribution >= 0.6 is 11.8 Å². The van der Waals surface area contributed by atoms with Crippen LogP contribution in [0.4, 0.5) is 17.3 Å². The summed E-state index contributed by atoms with van der Waals surface area (Å²) in [6, 6.07) is 24.7. The molecule has 9 nitrogen and oxygen atoms in total. The third-order valence-corrected chi connectivity index (χ3v) is 6.65. The Hall–Kier alpha value is -4.44. The number of nitro groups is 1. The van der Waals surface area contributed by atoms with Gasteiger partial charge in [-0.15, -0.1) is 5.10 Å². The molecule has 2 heterocycles. The van der Waals surface area contributed by atoms with Crippen molar-refractivity contribution in [2.45, 2.75) is 23.9 Å². The number of amides is 1. The van der Waals surface area contributed by atoms with Crippen molar-refractivity contribution in [3.63, 3.8) is 0 Å². The second kappa shape index (κ2) is 10.0. The Morgan fingerprint density at radius 3 is 2.39 bits per heavy atom. The standard InChI is InChI=1S/C26H22N6O3S/c1-17-22(24(33)28-20-10-6-3-7-11-20)23(19-12-14-21(15-13-19)32(34)35)31-25(27-17)29-26(30-31)36-16-18-8-4-2-5-9-18/h2-15,23H,16H2,1H3,(H,28,33)(H,27,29,30). The molecule has 10 heteroatoms. The molecule has 1 aliphatic heterocycles. The van der Waals surface area contributed by atoms with E-state index in [1.807, 2.05) is 67.6 Å². The summed E-state index contributed by atoms with van der Waals surface area (Å²) < 4.78 is 1.67. The summed E-state index contributed by atoms with van der Waals surface area (Å²) in [5, 5.41) is 22.6. The van der Waals surface area contributed by atoms with Crippen LogP contribution in [-0.2, 0) is 10.5 Å². The highest BCUT2D eigenvalue weighted by atomic mass is 32.2. The SMILES string of the molecule is CC1=C(C(=O)Nc2ccccc2)C(c2ccc([N+](=O)[O-])cc2)n2nc(SCc3ccccc3)nc2N1. The maximum absolute atomic E-state index is 13.5. The number of hydrogen-bond acceptors (Lipinski definition) is 7. The number of carbonyl (C=O) groups is 1. The number of aromatic nitrogens is 3. The summed E-state index contributed by atoms with van der Waals surface area (Å²) in [4.78, 5) is 28.9. The maximum atomic E-state index is 13.5. The normalized spacial score (nSPS) is 14.6. The molecule has 2 N–H and O–H groups in total. The Morgan fingerprint density at radius 1 is 1.06 bits per heavy atom. The summed E-state index contributed by atoms with van der Waals surface area (Å²) in [6.45, 7) is 1.81. The van der Waals surface area contributed by atoms with Gasteiger partial charge in [-0.25, -0.2) is 4.68 Å². The van der Waals surface area contributed by atoms with Crippen LogP contribution in [0.15, 0.2) is 101 Å². The van der Waals surface area contributed by atoms with E-state index < -0.39 is 11.0 Å². The number of thioether (sulfide) groups is 1. The van der Waals surface area contributed by atoms with E-state index in [0.717, 1.165) is 5.56 Å². The van der Waals surface area contributed by atoms with Crippen LogP contribution in [0.5, 0.6) is 0 Å². The van der Waals surface area contributed by atoms with Gasteiger partial charge in [-0.05, 0) is 42.3 Å². The molecule has 0 radical (unpaired) electrons. The van der Waals surface area contributed by atoms with Gasteiger partial charge in [0.1, 0.15) is 6.04 Å². The lowest BCUT2D eigenvalue weighted by Crippen LogP contribution is -2.31. The fourth-order valence-corrected chi connectivity index (χ4v) is 4.80. The van der Waals surface area contributed by atoms with Crippen LogP contribution in [0.2, 0.25) is 0 Å². The molecule has 0 aliphatic carbocycles. The van der Waals surface area contributed by atoms with Crippen molar-refractivity contribution in [3.8, 4) is 0 Å². The van der Waals surface area contributed by atoms with E-state index >= 15 is 0 Å². The van der Waals surface area contributed by atoms with Gasteiger partial charge in [0, 0.05) is 29.3 Å². The summed E-state index contributed by atoms with van der Waals surface area (Å²) in [7, 11) is 0. The summed E-state index contributed by atoms with van der Waals surface area (Å²) in [6.07, 6.45) is 0. The molecule has 4 aromatic rings. The molecule has 0 bridgehead atoms. The molecule has 1 aliphatic rings. The molecule has 5 rings (SSSR count). The van der Waals surface area contributed by atoms with Crippen molar-refractivity contribution < 1.29 is 9.72 Å². The smallest absolute Gasteiger partial charge is 0.269 e. The van der Waals surface area contributed by atoms with Crippen molar-refractivity contribution in [1.82, 2.24) is 14.8 Å². The molecule has 1 amide bonds. The Morgan fingerprint density at radius 2 is 1.72 bits per heavy atom. The topological polar surface area (TPSA) is 115 Å². The number of hydrogen-bond donors (Lipinski definition) is 2. The summed E-state index contributed by atoms with van der Waals surface area (Å²) in [5.41, 5.74) is 3.55. The molecule has 0 fully saturated rings. The lowest BCUT2D eigenvalue weighted by Gasteiger charge is -2.28. The first-order valence-corrected chi connectivity index (χ1v) is 12.2. The van der Waals surface area contributed by atoms with Crippen LogP contribution < -0.4 is 10.6 Å². The van der Waals surface area contributed by atoms with Gasteiger partial charge < -0.3 is 10.6 Å². The van der Waals surface area contributed by atoms with Crippen LogP contribution in [0.1, 0.15) is 24.1 Å². The third-order valence-electron chi connectivity index (χ3n) is 5.74. The van der Waals surface area contributed by atoms with Gasteiger partial charge in [0.2, 0.25) is 11.1 Å². The molecule has 1 atom stereocenters. The second-order valence-electron chi connectivity index (χ2n) is 8.17. The molecule has 0 saturated heterocycles. The van der Waals surface area contributed by atoms with Crippen molar-refractivity contribution in [1.29, 1.82) is 0 Å². The van der Waals surface area contributed by atoms with Gasteiger partial charge in [-0.3, -0.25) is 14.9 Å². The van der Waals surface area contributed by atoms with Crippen LogP contribution in [0.25, 0.3) is 0 Å². The molecule has 36 heavy (non-hydrogen) atoms. The number of nitrogens with one attached hydrogen (secondary N) is 2. The van der Waals surface area contributed by atoms with E-state index in [-0.39, 0.29) is 11.6 Å². The molecule has 0 saturated carbocycles. The number of nitrogens with zero attached hydrogens (tertiary/aromatic N) is 4. The minimum Gasteiger partial charge on any atom is -0.328 e. The highest BCUT2D eigenvalue weighted by Crippen LogP contribution is 2.37. The number of fused-ring (bicyclic) bond motifs is 1. The average Bonchev–Trinajstić information content (AvgIpc) is 3.30. The zero-order valence-corrected chi connectivity index (χ0v) is 20.1. The van der Waals surface area contributed by atoms with Gasteiger partial charge in [0.05, 0.1) is 10.5 Å². The molecule has 3 aromatic carbocycles. The highest BCUT2D eigenvalue weighted by molar-refractivity contribution is 7.98. The van der Waals surface area contributed by atoms with Gasteiger partial charge in [-0.2, -0.15) is 4.98 Å². The van der Waals surface area contributed by atoms with Crippen molar-refractivity contribution in [2.75, 3.05) is 10.6 Å². The van der Waals surface area contributed by atoms with E-state index in [1.54, 1.807) is 16.8 Å². The van der Waals surface area contributed by atoms with Gasteiger partial charge >= 0.3 is 0 Å². The minimum absolute atomic E-state index is 0.0263. The van der Waals surface area contributed by atoms with E-state index in [2.05, 4.69) is 15.6 Å². The zero-order chi connectivity index (χ0) is 25.1. The summed E-state index contributed by atoms with van der Waals surface area (Å²) >= 11 is 1.49. The van der Waals surface area contributed by atoms with Gasteiger partial charge in [-0.1, -0.05) is 60.3 Å². The summed E-state index contributed by atoms with van der Waals surface area (Å²) in [5.74, 6) is 0.900. The molecule has 0 spiro atoms. The number of carbonyl (C=O) groups excluding carboxylic acids is 1. The predicted octanol–water partition coefficient (Wildman–Crippen LogP) is 5.41. The number of nitro benzene ring substituents is 1. The lowest BCUT2D eigenvalue weighted by atomic mass is 9.95. The van der Waals surface area contributed by atoms with Crippen molar-refractivity contribution in [3.05, 3.63) is 117 Å². The van der Waals surface area contributed by atoms with Gasteiger partial charge in [0.25, 0.3) is 11.6 Å². The number of anilines is 2. The number of rotatable bonds is 7. The van der Waals surface area contributed by atoms with Crippen LogP contribution in [0.3, 0.4) is 0 Å². The quantitative estimate of drug-likeness (QED) is 0.199. The Kier molecular flexibility index (Phi) is 6.50. The van der Waals surface area contributed by atoms with E-state index in [1.165, 1.54) is 23.9 Å². The Balaban J connectivity index is 1.51. The molecular formula is C26H22N6O3S. The van der Waals surface area contributed by atoms with Crippen molar-refractivity contribution >= 4 is 35.0 Å². The number of para-hydroxylation sites is 1. The third kappa shape index (κ3) is 4.84. The number of non-ortho nitro benzene ring substituents is 1. The van der Waals surface area contributed by atoms with E-state index in [0.29, 0.717) is 39.4 Å². The Bertz CT molecular complexity index is 1440. The predicted molar refractivity (Wildman–Crippen MR) is 139 cm³/mol. The molecule has 180 valence electrons. The highest BCUT2D eigenvalue weighted by Gasteiger charge is 2.34. The number of benzene rings is 3. The first kappa shape index (κ1) is 23.3. The maximum Gasteiger partial charge on any atom is 0.269 e.